The van der Waals surface area contributed by atoms with E-state index in [1.807, 2.05) is 6.92 Å². The molecule has 0 saturated carbocycles. The second-order valence-corrected chi connectivity index (χ2v) is 4.99. The molecule has 0 amide bonds. The third-order valence-corrected chi connectivity index (χ3v) is 3.03. The van der Waals surface area contributed by atoms with Crippen molar-refractivity contribution in [3.63, 3.8) is 0 Å². The van der Waals surface area contributed by atoms with Gasteiger partial charge >= 0.3 is 0 Å². The molecule has 1 rings (SSSR count). The molecular formula is C8H16N4O2S. The normalized spacial score (nSPS) is 11.6. The topological polar surface area (TPSA) is 76.0 Å². The quantitative estimate of drug-likeness (QED) is 0.664. The molecule has 15 heavy (non-hydrogen) atoms. The molecule has 0 unspecified atom stereocenters. The second kappa shape index (κ2) is 5.13. The summed E-state index contributed by atoms with van der Waals surface area (Å²) in [5.41, 5.74) is 0. The third-order valence-electron chi connectivity index (χ3n) is 1.77. The van der Waals surface area contributed by atoms with Gasteiger partial charge in [0.25, 0.3) is 0 Å². The van der Waals surface area contributed by atoms with Crippen molar-refractivity contribution in [1.82, 2.24) is 15.1 Å². The Morgan fingerprint density at radius 2 is 2.27 bits per heavy atom. The van der Waals surface area contributed by atoms with Crippen LogP contribution in [0.2, 0.25) is 0 Å². The first-order valence-corrected chi connectivity index (χ1v) is 6.39. The molecule has 0 atom stereocenters. The van der Waals surface area contributed by atoms with E-state index in [-0.39, 0.29) is 5.75 Å². The fourth-order valence-corrected chi connectivity index (χ4v) is 2.01. The van der Waals surface area contributed by atoms with Crippen LogP contribution < -0.4 is 10.0 Å². The van der Waals surface area contributed by atoms with E-state index in [9.17, 15) is 8.42 Å². The van der Waals surface area contributed by atoms with E-state index < -0.39 is 10.0 Å². The summed E-state index contributed by atoms with van der Waals surface area (Å²) in [6.07, 6.45) is 1.68. The molecule has 0 saturated heterocycles. The number of hydrogen-bond donors (Lipinski definition) is 2. The lowest BCUT2D eigenvalue weighted by Crippen LogP contribution is -2.26. The molecule has 0 aliphatic heterocycles. The van der Waals surface area contributed by atoms with E-state index in [2.05, 4.69) is 15.1 Å². The Kier molecular flexibility index (Phi) is 4.10. The maximum atomic E-state index is 11.5. The van der Waals surface area contributed by atoms with Gasteiger partial charge < -0.3 is 5.32 Å². The SMILES string of the molecule is CCNCCS(=O)(=O)Nc1ccn(C)n1. The van der Waals surface area contributed by atoms with Crippen LogP contribution in [-0.4, -0.2) is 37.0 Å². The fourth-order valence-electron chi connectivity index (χ4n) is 1.06. The van der Waals surface area contributed by atoms with Crippen molar-refractivity contribution in [3.05, 3.63) is 12.3 Å². The molecule has 6 nitrogen and oxygen atoms in total. The Morgan fingerprint density at radius 3 is 2.80 bits per heavy atom. The first-order valence-electron chi connectivity index (χ1n) is 4.74. The molecule has 2 N–H and O–H groups in total. The summed E-state index contributed by atoms with van der Waals surface area (Å²) in [5, 5.41) is 6.88. The maximum Gasteiger partial charge on any atom is 0.235 e. The van der Waals surface area contributed by atoms with Crippen LogP contribution in [0.3, 0.4) is 0 Å². The number of nitrogens with one attached hydrogen (secondary N) is 2. The van der Waals surface area contributed by atoms with Gasteiger partial charge in [-0.15, -0.1) is 0 Å². The van der Waals surface area contributed by atoms with Crippen LogP contribution in [0, 0.1) is 0 Å². The van der Waals surface area contributed by atoms with Gasteiger partial charge in [-0.05, 0) is 6.54 Å². The molecule has 0 fully saturated rings. The van der Waals surface area contributed by atoms with Gasteiger partial charge in [0.05, 0.1) is 5.75 Å². The van der Waals surface area contributed by atoms with E-state index in [4.69, 9.17) is 0 Å². The van der Waals surface area contributed by atoms with Gasteiger partial charge in [0.15, 0.2) is 5.82 Å². The summed E-state index contributed by atoms with van der Waals surface area (Å²) in [5.74, 6) is 0.409. The highest BCUT2D eigenvalue weighted by atomic mass is 32.2. The van der Waals surface area contributed by atoms with Crippen molar-refractivity contribution in [2.24, 2.45) is 7.05 Å². The van der Waals surface area contributed by atoms with Crippen molar-refractivity contribution < 1.29 is 8.42 Å². The highest BCUT2D eigenvalue weighted by Crippen LogP contribution is 2.03. The minimum atomic E-state index is -3.28. The molecule has 0 aliphatic carbocycles. The van der Waals surface area contributed by atoms with E-state index in [0.29, 0.717) is 12.4 Å². The van der Waals surface area contributed by atoms with Gasteiger partial charge in [-0.2, -0.15) is 5.10 Å². The van der Waals surface area contributed by atoms with Crippen molar-refractivity contribution >= 4 is 15.8 Å². The molecule has 1 aromatic heterocycles. The molecule has 1 heterocycles. The molecule has 0 spiro atoms. The number of rotatable bonds is 6. The van der Waals surface area contributed by atoms with Gasteiger partial charge in [-0.3, -0.25) is 9.40 Å². The number of nitrogens with zero attached hydrogens (tertiary/aromatic N) is 2. The molecule has 0 bridgehead atoms. The first-order chi connectivity index (χ1) is 7.03. The van der Waals surface area contributed by atoms with Gasteiger partial charge in [-0.1, -0.05) is 6.92 Å². The number of sulfonamides is 1. The zero-order chi connectivity index (χ0) is 11.3. The summed E-state index contributed by atoms with van der Waals surface area (Å²) >= 11 is 0. The van der Waals surface area contributed by atoms with Crippen molar-refractivity contribution in [2.45, 2.75) is 6.92 Å². The lowest BCUT2D eigenvalue weighted by Gasteiger charge is -2.05. The molecule has 0 aliphatic rings. The fraction of sp³-hybridized carbons (Fsp3) is 0.625. The Labute approximate surface area is 89.7 Å². The van der Waals surface area contributed by atoms with E-state index >= 15 is 0 Å². The van der Waals surface area contributed by atoms with Crippen LogP contribution in [0.1, 0.15) is 6.92 Å². The van der Waals surface area contributed by atoms with E-state index in [1.165, 1.54) is 0 Å². The summed E-state index contributed by atoms with van der Waals surface area (Å²) in [4.78, 5) is 0. The average molecular weight is 232 g/mol. The van der Waals surface area contributed by atoms with Crippen LogP contribution in [-0.2, 0) is 17.1 Å². The highest BCUT2D eigenvalue weighted by Gasteiger charge is 2.10. The average Bonchev–Trinajstić information content (AvgIpc) is 2.50. The predicted octanol–water partition coefficient (Wildman–Crippen LogP) is -0.229. The predicted molar refractivity (Wildman–Crippen MR) is 59.2 cm³/mol. The summed E-state index contributed by atoms with van der Waals surface area (Å²) in [7, 11) is -1.55. The molecule has 1 aromatic rings. The largest absolute Gasteiger partial charge is 0.316 e. The zero-order valence-electron chi connectivity index (χ0n) is 8.90. The standard InChI is InChI=1S/C8H16N4O2S/c1-3-9-5-7-15(13,14)11-8-4-6-12(2)10-8/h4,6,9H,3,5,7H2,1-2H3,(H,10,11). The summed E-state index contributed by atoms with van der Waals surface area (Å²) < 4.78 is 26.9. The van der Waals surface area contributed by atoms with Crippen molar-refractivity contribution in [3.8, 4) is 0 Å². The van der Waals surface area contributed by atoms with Gasteiger partial charge in [-0.25, -0.2) is 8.42 Å². The molecule has 86 valence electrons. The minimum absolute atomic E-state index is 0.0530. The first kappa shape index (κ1) is 12.0. The summed E-state index contributed by atoms with van der Waals surface area (Å²) in [6, 6.07) is 1.62. The van der Waals surface area contributed by atoms with E-state index in [0.717, 1.165) is 6.54 Å². The van der Waals surface area contributed by atoms with Crippen LogP contribution in [0.5, 0.6) is 0 Å². The smallest absolute Gasteiger partial charge is 0.235 e. The Hall–Kier alpha value is -1.08. The van der Waals surface area contributed by atoms with Crippen LogP contribution >= 0.6 is 0 Å². The minimum Gasteiger partial charge on any atom is -0.316 e. The number of aryl methyl sites for hydroxylation is 1. The molecule has 7 heteroatoms. The van der Waals surface area contributed by atoms with Crippen LogP contribution in [0.4, 0.5) is 5.82 Å². The third kappa shape index (κ3) is 4.30. The van der Waals surface area contributed by atoms with E-state index in [1.54, 1.807) is 24.0 Å². The Bertz CT molecular complexity index is 399. The number of aromatic nitrogens is 2. The van der Waals surface area contributed by atoms with Crippen LogP contribution in [0.15, 0.2) is 12.3 Å². The number of anilines is 1. The maximum absolute atomic E-state index is 11.5. The van der Waals surface area contributed by atoms with Crippen molar-refractivity contribution in [2.75, 3.05) is 23.6 Å². The van der Waals surface area contributed by atoms with Gasteiger partial charge in [0.2, 0.25) is 10.0 Å². The van der Waals surface area contributed by atoms with Gasteiger partial charge in [0.1, 0.15) is 0 Å². The number of hydrogen-bond acceptors (Lipinski definition) is 4. The molecule has 0 aromatic carbocycles. The zero-order valence-corrected chi connectivity index (χ0v) is 9.71. The molecule has 0 radical (unpaired) electrons. The summed E-state index contributed by atoms with van der Waals surface area (Å²) in [6.45, 7) is 3.14. The van der Waals surface area contributed by atoms with Crippen molar-refractivity contribution in [1.29, 1.82) is 0 Å². The Balaban J connectivity index is 2.49. The highest BCUT2D eigenvalue weighted by molar-refractivity contribution is 7.92. The van der Waals surface area contributed by atoms with Gasteiger partial charge in [0, 0.05) is 25.9 Å². The monoisotopic (exact) mass is 232 g/mol. The lowest BCUT2D eigenvalue weighted by atomic mass is 10.7. The second-order valence-electron chi connectivity index (χ2n) is 3.15. The van der Waals surface area contributed by atoms with Crippen LogP contribution in [0.25, 0.3) is 0 Å². The Morgan fingerprint density at radius 1 is 1.53 bits per heavy atom. The lowest BCUT2D eigenvalue weighted by molar-refractivity contribution is 0.596. The molecular weight excluding hydrogens is 216 g/mol.